The van der Waals surface area contributed by atoms with Crippen molar-refractivity contribution < 1.29 is 5.11 Å². The van der Waals surface area contributed by atoms with Crippen molar-refractivity contribution in [3.8, 4) is 0 Å². The molecule has 2 rings (SSSR count). The second-order valence-corrected chi connectivity index (χ2v) is 4.77. The van der Waals surface area contributed by atoms with Crippen LogP contribution in [0.2, 0.25) is 0 Å². The van der Waals surface area contributed by atoms with Crippen molar-refractivity contribution in [1.29, 1.82) is 0 Å². The van der Waals surface area contributed by atoms with E-state index in [0.29, 0.717) is 6.61 Å². The van der Waals surface area contributed by atoms with E-state index in [1.54, 1.807) is 0 Å². The molecule has 0 aromatic heterocycles. The van der Waals surface area contributed by atoms with Crippen LogP contribution in [-0.2, 0) is 0 Å². The Morgan fingerprint density at radius 3 is 2.57 bits per heavy atom. The lowest BCUT2D eigenvalue weighted by Crippen LogP contribution is -2.45. The molecule has 2 heterocycles. The smallest absolute Gasteiger partial charge is 0.0613 e. The van der Waals surface area contributed by atoms with Gasteiger partial charge < -0.3 is 15.3 Å². The number of aliphatic hydroxyl groups is 1. The van der Waals surface area contributed by atoms with E-state index >= 15 is 0 Å². The minimum absolute atomic E-state index is 0.0581. The van der Waals surface area contributed by atoms with Gasteiger partial charge in [-0.2, -0.15) is 0 Å². The van der Waals surface area contributed by atoms with Gasteiger partial charge >= 0.3 is 0 Å². The Balaban J connectivity index is 1.76. The molecule has 1 unspecified atom stereocenters. The van der Waals surface area contributed by atoms with Crippen LogP contribution in [0.25, 0.3) is 0 Å². The van der Waals surface area contributed by atoms with Crippen molar-refractivity contribution in [2.24, 2.45) is 0 Å². The number of aliphatic hydroxyl groups excluding tert-OH is 1. The fourth-order valence-corrected chi connectivity index (χ4v) is 2.67. The van der Waals surface area contributed by atoms with Gasteiger partial charge in [-0.25, -0.2) is 0 Å². The summed E-state index contributed by atoms with van der Waals surface area (Å²) in [6.07, 6.45) is 6.21. The van der Waals surface area contributed by atoms with Crippen LogP contribution in [0.3, 0.4) is 0 Å². The SMILES string of the molecule is OCC1(CCN2CCCC2)CCCN1. The summed E-state index contributed by atoms with van der Waals surface area (Å²) >= 11 is 0. The average Bonchev–Trinajstić information content (AvgIpc) is 2.87. The van der Waals surface area contributed by atoms with Gasteiger partial charge in [-0.15, -0.1) is 0 Å². The highest BCUT2D eigenvalue weighted by Crippen LogP contribution is 2.23. The second kappa shape index (κ2) is 4.60. The van der Waals surface area contributed by atoms with Crippen molar-refractivity contribution in [3.05, 3.63) is 0 Å². The van der Waals surface area contributed by atoms with E-state index in [4.69, 9.17) is 0 Å². The Hall–Kier alpha value is -0.120. The Labute approximate surface area is 86.5 Å². The van der Waals surface area contributed by atoms with E-state index in [1.165, 1.54) is 32.4 Å². The first-order valence-corrected chi connectivity index (χ1v) is 5.93. The van der Waals surface area contributed by atoms with Crippen molar-refractivity contribution in [3.63, 3.8) is 0 Å². The summed E-state index contributed by atoms with van der Waals surface area (Å²) in [7, 11) is 0. The number of rotatable bonds is 4. The summed E-state index contributed by atoms with van der Waals surface area (Å²) in [6, 6.07) is 0. The van der Waals surface area contributed by atoms with Crippen LogP contribution >= 0.6 is 0 Å². The van der Waals surface area contributed by atoms with Gasteiger partial charge in [0, 0.05) is 5.54 Å². The largest absolute Gasteiger partial charge is 0.394 e. The lowest BCUT2D eigenvalue weighted by Gasteiger charge is -2.29. The van der Waals surface area contributed by atoms with Crippen LogP contribution in [0.4, 0.5) is 0 Å². The molecule has 0 amide bonds. The quantitative estimate of drug-likeness (QED) is 0.694. The third-order valence-corrected chi connectivity index (χ3v) is 3.74. The van der Waals surface area contributed by atoms with Gasteiger partial charge in [-0.3, -0.25) is 0 Å². The van der Waals surface area contributed by atoms with Crippen molar-refractivity contribution in [2.45, 2.75) is 37.6 Å². The third kappa shape index (κ3) is 2.27. The molecule has 82 valence electrons. The normalized spacial score (nSPS) is 34.1. The molecular weight excluding hydrogens is 176 g/mol. The molecule has 3 nitrogen and oxygen atoms in total. The van der Waals surface area contributed by atoms with Gasteiger partial charge in [0.2, 0.25) is 0 Å². The summed E-state index contributed by atoms with van der Waals surface area (Å²) in [4.78, 5) is 2.53. The number of hydrogen-bond acceptors (Lipinski definition) is 3. The van der Waals surface area contributed by atoms with Gasteiger partial charge in [-0.05, 0) is 58.3 Å². The Bertz CT molecular complexity index is 172. The number of likely N-dealkylation sites (tertiary alicyclic amines) is 1. The molecule has 2 saturated heterocycles. The molecule has 0 spiro atoms. The standard InChI is InChI=1S/C11H22N2O/c14-10-11(4-3-6-12-11)5-9-13-7-1-2-8-13/h12,14H,1-10H2. The zero-order valence-electron chi connectivity index (χ0n) is 8.97. The van der Waals surface area contributed by atoms with E-state index in [1.807, 2.05) is 0 Å². The first kappa shape index (κ1) is 10.4. The first-order valence-electron chi connectivity index (χ1n) is 5.93. The summed E-state index contributed by atoms with van der Waals surface area (Å²) in [6.45, 7) is 5.08. The Morgan fingerprint density at radius 1 is 1.21 bits per heavy atom. The lowest BCUT2D eigenvalue weighted by molar-refractivity contribution is 0.154. The molecule has 0 aliphatic carbocycles. The zero-order valence-corrected chi connectivity index (χ0v) is 8.97. The molecular formula is C11H22N2O. The fraction of sp³-hybridized carbons (Fsp3) is 1.00. The van der Waals surface area contributed by atoms with Crippen LogP contribution in [0.15, 0.2) is 0 Å². The molecule has 2 aliphatic rings. The highest BCUT2D eigenvalue weighted by Gasteiger charge is 2.32. The number of hydrogen-bond donors (Lipinski definition) is 2. The summed E-state index contributed by atoms with van der Waals surface area (Å²) in [5.74, 6) is 0. The maximum absolute atomic E-state index is 9.41. The van der Waals surface area contributed by atoms with Crippen molar-refractivity contribution >= 4 is 0 Å². The fourth-order valence-electron chi connectivity index (χ4n) is 2.67. The highest BCUT2D eigenvalue weighted by molar-refractivity contribution is 4.93. The maximum Gasteiger partial charge on any atom is 0.0613 e. The minimum Gasteiger partial charge on any atom is -0.394 e. The average molecular weight is 198 g/mol. The predicted molar refractivity (Wildman–Crippen MR) is 57.3 cm³/mol. The van der Waals surface area contributed by atoms with Gasteiger partial charge in [0.25, 0.3) is 0 Å². The van der Waals surface area contributed by atoms with Crippen LogP contribution in [0.1, 0.15) is 32.1 Å². The van der Waals surface area contributed by atoms with E-state index in [2.05, 4.69) is 10.2 Å². The minimum atomic E-state index is 0.0581. The second-order valence-electron chi connectivity index (χ2n) is 4.77. The van der Waals surface area contributed by atoms with Crippen LogP contribution < -0.4 is 5.32 Å². The highest BCUT2D eigenvalue weighted by atomic mass is 16.3. The van der Waals surface area contributed by atoms with Gasteiger partial charge in [0.1, 0.15) is 0 Å². The topological polar surface area (TPSA) is 35.5 Å². The monoisotopic (exact) mass is 198 g/mol. The Morgan fingerprint density at radius 2 is 2.00 bits per heavy atom. The molecule has 2 aliphatic heterocycles. The zero-order chi connectivity index (χ0) is 9.86. The molecule has 2 fully saturated rings. The third-order valence-electron chi connectivity index (χ3n) is 3.74. The van der Waals surface area contributed by atoms with Gasteiger partial charge in [0.15, 0.2) is 0 Å². The van der Waals surface area contributed by atoms with Crippen LogP contribution in [0, 0.1) is 0 Å². The molecule has 3 heteroatoms. The van der Waals surface area contributed by atoms with E-state index in [-0.39, 0.29) is 5.54 Å². The van der Waals surface area contributed by atoms with Crippen LogP contribution in [-0.4, -0.2) is 48.3 Å². The molecule has 0 radical (unpaired) electrons. The number of nitrogens with one attached hydrogen (secondary N) is 1. The van der Waals surface area contributed by atoms with Crippen LogP contribution in [0.5, 0.6) is 0 Å². The Kier molecular flexibility index (Phi) is 3.42. The molecule has 1 atom stereocenters. The predicted octanol–water partition coefficient (Wildman–Crippen LogP) is 0.587. The first-order chi connectivity index (χ1) is 6.85. The maximum atomic E-state index is 9.41. The summed E-state index contributed by atoms with van der Waals surface area (Å²) < 4.78 is 0. The van der Waals surface area contributed by atoms with E-state index in [0.717, 1.165) is 25.9 Å². The molecule has 0 saturated carbocycles. The molecule has 0 bridgehead atoms. The number of nitrogens with zero attached hydrogens (tertiary/aromatic N) is 1. The lowest BCUT2D eigenvalue weighted by atomic mass is 9.94. The molecule has 2 N–H and O–H groups in total. The van der Waals surface area contributed by atoms with Crippen molar-refractivity contribution in [1.82, 2.24) is 10.2 Å². The molecule has 0 aromatic carbocycles. The molecule has 0 aromatic rings. The van der Waals surface area contributed by atoms with Crippen molar-refractivity contribution in [2.75, 3.05) is 32.8 Å². The van der Waals surface area contributed by atoms with E-state index in [9.17, 15) is 5.11 Å². The van der Waals surface area contributed by atoms with Gasteiger partial charge in [0.05, 0.1) is 6.61 Å². The summed E-state index contributed by atoms with van der Waals surface area (Å²) in [5.41, 5.74) is 0.0581. The summed E-state index contributed by atoms with van der Waals surface area (Å²) in [5, 5.41) is 12.9. The van der Waals surface area contributed by atoms with Gasteiger partial charge in [-0.1, -0.05) is 0 Å². The van der Waals surface area contributed by atoms with E-state index < -0.39 is 0 Å². The molecule has 14 heavy (non-hydrogen) atoms.